The van der Waals surface area contributed by atoms with Gasteiger partial charge in [0.1, 0.15) is 0 Å². The average molecular weight is 542 g/mol. The zero-order valence-electron chi connectivity index (χ0n) is 22.2. The fourth-order valence-electron chi connectivity index (χ4n) is 5.00. The molecule has 39 heavy (non-hydrogen) atoms. The van der Waals surface area contributed by atoms with Crippen LogP contribution in [0.5, 0.6) is 0 Å². The Bertz CT molecular complexity index is 1370. The van der Waals surface area contributed by atoms with Gasteiger partial charge in [0.15, 0.2) is 0 Å². The highest BCUT2D eigenvalue weighted by atomic mass is 32.1. The molecule has 1 fully saturated rings. The van der Waals surface area contributed by atoms with Gasteiger partial charge in [0, 0.05) is 25.0 Å². The molecule has 3 heterocycles. The summed E-state index contributed by atoms with van der Waals surface area (Å²) in [5, 5.41) is 15.6. The molecule has 0 saturated carbocycles. The van der Waals surface area contributed by atoms with E-state index in [2.05, 4.69) is 38.7 Å². The Balaban J connectivity index is 1.20. The van der Waals surface area contributed by atoms with E-state index < -0.39 is 0 Å². The summed E-state index contributed by atoms with van der Waals surface area (Å²) < 4.78 is 0. The zero-order chi connectivity index (χ0) is 27.0. The van der Waals surface area contributed by atoms with Gasteiger partial charge < -0.3 is 15.7 Å². The summed E-state index contributed by atoms with van der Waals surface area (Å²) >= 11 is 1.42. The van der Waals surface area contributed by atoms with Gasteiger partial charge in [-0.05, 0) is 86.7 Å². The molecule has 2 aromatic heterocycles. The Hall–Kier alpha value is -3.59. The molecular formula is C31H35N5O2S. The van der Waals surface area contributed by atoms with Crippen molar-refractivity contribution in [1.29, 1.82) is 0 Å². The zero-order valence-corrected chi connectivity index (χ0v) is 23.0. The summed E-state index contributed by atoms with van der Waals surface area (Å²) in [6, 6.07) is 23.9. The topological polar surface area (TPSA) is 90.4 Å². The van der Waals surface area contributed by atoms with Gasteiger partial charge in [-0.3, -0.25) is 9.69 Å². The van der Waals surface area contributed by atoms with Crippen LogP contribution in [0.25, 0.3) is 10.6 Å². The van der Waals surface area contributed by atoms with Gasteiger partial charge in [0.2, 0.25) is 5.95 Å². The van der Waals surface area contributed by atoms with Gasteiger partial charge in [-0.25, -0.2) is 9.97 Å². The number of carbonyl (C=O) groups excluding carboxylic acids is 1. The lowest BCUT2D eigenvalue weighted by molar-refractivity contribution is 0.0944. The van der Waals surface area contributed by atoms with Gasteiger partial charge in [-0.15, -0.1) is 11.3 Å². The van der Waals surface area contributed by atoms with Crippen molar-refractivity contribution in [2.24, 2.45) is 5.92 Å². The largest absolute Gasteiger partial charge is 0.396 e. The van der Waals surface area contributed by atoms with Crippen LogP contribution < -0.4 is 10.6 Å². The number of rotatable bonds is 10. The minimum Gasteiger partial charge on any atom is -0.396 e. The van der Waals surface area contributed by atoms with E-state index in [9.17, 15) is 9.90 Å². The number of thiophene rings is 1. The maximum absolute atomic E-state index is 12.8. The Morgan fingerprint density at radius 3 is 2.69 bits per heavy atom. The number of anilines is 2. The molecular weight excluding hydrogens is 506 g/mol. The average Bonchev–Trinajstić information content (AvgIpc) is 3.46. The van der Waals surface area contributed by atoms with E-state index >= 15 is 0 Å². The van der Waals surface area contributed by atoms with E-state index in [-0.39, 0.29) is 11.9 Å². The molecule has 1 aliphatic heterocycles. The number of nitrogens with zero attached hydrogens (tertiary/aromatic N) is 3. The first-order valence-electron chi connectivity index (χ1n) is 13.6. The third-order valence-electron chi connectivity index (χ3n) is 7.22. The molecule has 1 saturated heterocycles. The van der Waals surface area contributed by atoms with E-state index in [0.717, 1.165) is 60.7 Å². The molecule has 2 aromatic carbocycles. The SMILES string of the molecule is C[C@@H](NC(=O)c1ccc(-c2ccnc(Nc3cccc(CN4CCC(CCO)CC4)c3)n2)s1)c1ccccc1. The molecule has 8 heteroatoms. The lowest BCUT2D eigenvalue weighted by atomic mass is 9.94. The maximum atomic E-state index is 12.8. The molecule has 202 valence electrons. The smallest absolute Gasteiger partial charge is 0.261 e. The van der Waals surface area contributed by atoms with Gasteiger partial charge in [0.05, 0.1) is 21.5 Å². The Morgan fingerprint density at radius 1 is 1.08 bits per heavy atom. The number of aromatic nitrogens is 2. The molecule has 0 radical (unpaired) electrons. The third-order valence-corrected chi connectivity index (χ3v) is 8.33. The second-order valence-corrected chi connectivity index (χ2v) is 11.2. The van der Waals surface area contributed by atoms with Crippen LogP contribution in [-0.4, -0.2) is 45.6 Å². The predicted octanol–water partition coefficient (Wildman–Crippen LogP) is 6.03. The van der Waals surface area contributed by atoms with Crippen LogP contribution >= 0.6 is 11.3 Å². The van der Waals surface area contributed by atoms with Crippen LogP contribution in [0, 0.1) is 5.92 Å². The van der Waals surface area contributed by atoms with E-state index in [4.69, 9.17) is 4.98 Å². The molecule has 1 atom stereocenters. The van der Waals surface area contributed by atoms with E-state index in [1.54, 1.807) is 6.20 Å². The summed E-state index contributed by atoms with van der Waals surface area (Å²) in [4.78, 5) is 26.0. The molecule has 1 aliphatic rings. The fourth-order valence-corrected chi connectivity index (χ4v) is 5.88. The Morgan fingerprint density at radius 2 is 1.90 bits per heavy atom. The number of amides is 1. The van der Waals surface area contributed by atoms with E-state index in [1.165, 1.54) is 16.9 Å². The molecule has 0 bridgehead atoms. The third kappa shape index (κ3) is 7.29. The van der Waals surface area contributed by atoms with Crippen molar-refractivity contribution in [1.82, 2.24) is 20.2 Å². The Labute approximate surface area is 234 Å². The van der Waals surface area contributed by atoms with Crippen molar-refractivity contribution < 1.29 is 9.90 Å². The van der Waals surface area contributed by atoms with Crippen molar-refractivity contribution in [3.8, 4) is 10.6 Å². The van der Waals surface area contributed by atoms with Crippen LogP contribution in [0.3, 0.4) is 0 Å². The number of likely N-dealkylation sites (tertiary alicyclic amines) is 1. The van der Waals surface area contributed by atoms with Gasteiger partial charge in [-0.1, -0.05) is 42.5 Å². The van der Waals surface area contributed by atoms with Crippen molar-refractivity contribution in [2.45, 2.75) is 38.8 Å². The molecule has 7 nitrogen and oxygen atoms in total. The first kappa shape index (κ1) is 27.0. The lowest BCUT2D eigenvalue weighted by Crippen LogP contribution is -2.33. The van der Waals surface area contributed by atoms with Gasteiger partial charge >= 0.3 is 0 Å². The van der Waals surface area contributed by atoms with E-state index in [0.29, 0.717) is 23.4 Å². The minimum atomic E-state index is -0.0931. The number of hydrogen-bond donors (Lipinski definition) is 3. The normalized spacial score (nSPS) is 15.1. The number of piperidine rings is 1. The highest BCUT2D eigenvalue weighted by Gasteiger charge is 2.19. The van der Waals surface area contributed by atoms with Crippen molar-refractivity contribution >= 4 is 28.9 Å². The van der Waals surface area contributed by atoms with Gasteiger partial charge in [-0.2, -0.15) is 0 Å². The van der Waals surface area contributed by atoms with Crippen molar-refractivity contribution in [2.75, 3.05) is 25.0 Å². The number of nitrogens with one attached hydrogen (secondary N) is 2. The number of carbonyl (C=O) groups is 1. The quantitative estimate of drug-likeness (QED) is 0.227. The summed E-state index contributed by atoms with van der Waals surface area (Å²) in [5.74, 6) is 1.08. The first-order valence-corrected chi connectivity index (χ1v) is 14.4. The Kier molecular flexibility index (Phi) is 8.98. The number of benzene rings is 2. The monoisotopic (exact) mass is 541 g/mol. The highest BCUT2D eigenvalue weighted by Crippen LogP contribution is 2.28. The molecule has 1 amide bonds. The second kappa shape index (κ2) is 13.0. The van der Waals surface area contributed by atoms with Crippen molar-refractivity contribution in [3.63, 3.8) is 0 Å². The highest BCUT2D eigenvalue weighted by molar-refractivity contribution is 7.17. The van der Waals surface area contributed by atoms with Crippen LogP contribution in [0.15, 0.2) is 79.0 Å². The van der Waals surface area contributed by atoms with Crippen LogP contribution in [0.1, 0.15) is 53.0 Å². The molecule has 0 aliphatic carbocycles. The summed E-state index contributed by atoms with van der Waals surface area (Å²) in [6.45, 7) is 5.32. The van der Waals surface area contributed by atoms with Crippen LogP contribution in [0.4, 0.5) is 11.6 Å². The number of aliphatic hydroxyl groups excluding tert-OH is 1. The number of hydrogen-bond acceptors (Lipinski definition) is 7. The summed E-state index contributed by atoms with van der Waals surface area (Å²) in [7, 11) is 0. The molecule has 3 N–H and O–H groups in total. The fraction of sp³-hybridized carbons (Fsp3) is 0.323. The summed E-state index contributed by atoms with van der Waals surface area (Å²) in [6.07, 6.45) is 4.95. The van der Waals surface area contributed by atoms with E-state index in [1.807, 2.05) is 61.5 Å². The number of aliphatic hydroxyl groups is 1. The van der Waals surface area contributed by atoms with Crippen molar-refractivity contribution in [3.05, 3.63) is 95.0 Å². The molecule has 5 rings (SSSR count). The first-order chi connectivity index (χ1) is 19.1. The summed E-state index contributed by atoms with van der Waals surface area (Å²) in [5.41, 5.74) is 4.03. The molecule has 0 spiro atoms. The maximum Gasteiger partial charge on any atom is 0.261 e. The standard InChI is InChI=1S/C31H35N5O2S/c1-22(25-7-3-2-4-8-25)33-30(38)29-11-10-28(39-29)27-12-16-32-31(35-27)34-26-9-5-6-24(20-26)21-36-17-13-23(14-18-36)15-19-37/h2-12,16,20,22-23,37H,13-15,17-19,21H2,1H3,(H,33,38)(H,32,34,35)/t22-/m1/s1. The van der Waals surface area contributed by atoms with Crippen LogP contribution in [-0.2, 0) is 6.54 Å². The molecule has 0 unspecified atom stereocenters. The second-order valence-electron chi connectivity index (χ2n) is 10.1. The van der Waals surface area contributed by atoms with Crippen LogP contribution in [0.2, 0.25) is 0 Å². The lowest BCUT2D eigenvalue weighted by Gasteiger charge is -2.31. The molecule has 4 aromatic rings. The predicted molar refractivity (Wildman–Crippen MR) is 157 cm³/mol. The minimum absolute atomic E-state index is 0.0760. The van der Waals surface area contributed by atoms with Gasteiger partial charge in [0.25, 0.3) is 5.91 Å².